The molecule has 0 spiro atoms. The lowest BCUT2D eigenvalue weighted by molar-refractivity contribution is -0.124. The molecule has 1 N–H and O–H groups in total. The molecule has 0 aromatic heterocycles. The van der Waals surface area contributed by atoms with Gasteiger partial charge in [0.05, 0.1) is 11.6 Å². The number of Topliss-reactive ketones (excluding diaryl/α,β-unsaturated/α-hetero) is 1. The zero-order valence-electron chi connectivity index (χ0n) is 14.6. The largest absolute Gasteiger partial charge is 0.371 e. The van der Waals surface area contributed by atoms with Crippen LogP contribution in [0.5, 0.6) is 0 Å². The van der Waals surface area contributed by atoms with Crippen LogP contribution in [0.3, 0.4) is 0 Å². The Morgan fingerprint density at radius 3 is 2.79 bits per heavy atom. The van der Waals surface area contributed by atoms with Gasteiger partial charge in [-0.2, -0.15) is 5.26 Å². The van der Waals surface area contributed by atoms with E-state index >= 15 is 0 Å². The highest BCUT2D eigenvalue weighted by Gasteiger charge is 2.23. The SMILES string of the molecule is CC(=O)c1ccc(C#N)cc1N1CCCC(CNC(=O)C(C)C)C1. The van der Waals surface area contributed by atoms with E-state index in [0.717, 1.165) is 31.6 Å². The Bertz CT molecular complexity index is 661. The molecule has 0 radical (unpaired) electrons. The summed E-state index contributed by atoms with van der Waals surface area (Å²) in [6.45, 7) is 7.62. The number of nitrogens with zero attached hydrogens (tertiary/aromatic N) is 2. The molecule has 0 saturated carbocycles. The van der Waals surface area contributed by atoms with Gasteiger partial charge in [-0.1, -0.05) is 13.8 Å². The molecule has 1 unspecified atom stereocenters. The zero-order chi connectivity index (χ0) is 17.7. The predicted octanol–water partition coefficient (Wildman–Crippen LogP) is 2.75. The number of hydrogen-bond acceptors (Lipinski definition) is 4. The number of amides is 1. The summed E-state index contributed by atoms with van der Waals surface area (Å²) in [5.41, 5.74) is 2.05. The minimum Gasteiger partial charge on any atom is -0.371 e. The van der Waals surface area contributed by atoms with Gasteiger partial charge < -0.3 is 10.2 Å². The molecule has 2 rings (SSSR count). The smallest absolute Gasteiger partial charge is 0.222 e. The Morgan fingerprint density at radius 2 is 2.17 bits per heavy atom. The molecule has 0 bridgehead atoms. The minimum atomic E-state index is -0.0127. The molecule has 1 aromatic rings. The van der Waals surface area contributed by atoms with Crippen LogP contribution in [0.15, 0.2) is 18.2 Å². The van der Waals surface area contributed by atoms with Crippen LogP contribution in [0.25, 0.3) is 0 Å². The highest BCUT2D eigenvalue weighted by molar-refractivity contribution is 6.00. The molecule has 1 fully saturated rings. The lowest BCUT2D eigenvalue weighted by Crippen LogP contribution is -2.42. The second kappa shape index (κ2) is 7.96. The third-order valence-electron chi connectivity index (χ3n) is 4.46. The molecule has 1 aliphatic rings. The number of rotatable bonds is 5. The van der Waals surface area contributed by atoms with Gasteiger partial charge >= 0.3 is 0 Å². The first-order valence-electron chi connectivity index (χ1n) is 8.50. The molecule has 1 aromatic carbocycles. The summed E-state index contributed by atoms with van der Waals surface area (Å²) in [5, 5.41) is 12.1. The van der Waals surface area contributed by atoms with Crippen molar-refractivity contribution in [3.63, 3.8) is 0 Å². The Balaban J connectivity index is 2.13. The van der Waals surface area contributed by atoms with Gasteiger partial charge in [-0.15, -0.1) is 0 Å². The third-order valence-corrected chi connectivity index (χ3v) is 4.46. The first-order valence-corrected chi connectivity index (χ1v) is 8.50. The molecule has 1 aliphatic heterocycles. The van der Waals surface area contributed by atoms with Crippen LogP contribution in [0.2, 0.25) is 0 Å². The predicted molar refractivity (Wildman–Crippen MR) is 93.9 cm³/mol. The lowest BCUT2D eigenvalue weighted by atomic mass is 9.95. The van der Waals surface area contributed by atoms with Crippen LogP contribution in [0, 0.1) is 23.2 Å². The van der Waals surface area contributed by atoms with Crippen LogP contribution in [0.1, 0.15) is 49.5 Å². The number of benzene rings is 1. The van der Waals surface area contributed by atoms with Crippen LogP contribution in [0.4, 0.5) is 5.69 Å². The number of ketones is 1. The van der Waals surface area contributed by atoms with Crippen molar-refractivity contribution in [1.29, 1.82) is 5.26 Å². The maximum Gasteiger partial charge on any atom is 0.222 e. The summed E-state index contributed by atoms with van der Waals surface area (Å²) in [7, 11) is 0. The monoisotopic (exact) mass is 327 g/mol. The molecule has 5 nitrogen and oxygen atoms in total. The van der Waals surface area contributed by atoms with E-state index in [1.807, 2.05) is 13.8 Å². The van der Waals surface area contributed by atoms with Gasteiger partial charge in [-0.05, 0) is 43.9 Å². The number of nitrogens with one attached hydrogen (secondary N) is 1. The third kappa shape index (κ3) is 4.35. The summed E-state index contributed by atoms with van der Waals surface area (Å²) in [6, 6.07) is 7.36. The van der Waals surface area contributed by atoms with Gasteiger partial charge in [-0.25, -0.2) is 0 Å². The molecule has 24 heavy (non-hydrogen) atoms. The first-order chi connectivity index (χ1) is 11.4. The van der Waals surface area contributed by atoms with Gasteiger partial charge in [0, 0.05) is 36.8 Å². The number of hydrogen-bond donors (Lipinski definition) is 1. The maximum absolute atomic E-state index is 11.9. The molecule has 1 amide bonds. The van der Waals surface area contributed by atoms with Crippen molar-refractivity contribution in [2.75, 3.05) is 24.5 Å². The fraction of sp³-hybridized carbons (Fsp3) is 0.526. The molecule has 1 atom stereocenters. The molecular weight excluding hydrogens is 302 g/mol. The van der Waals surface area contributed by atoms with Crippen LogP contribution in [-0.4, -0.2) is 31.3 Å². The molecular formula is C19H25N3O2. The van der Waals surface area contributed by atoms with E-state index in [9.17, 15) is 9.59 Å². The molecule has 0 aliphatic carbocycles. The van der Waals surface area contributed by atoms with E-state index in [1.54, 1.807) is 25.1 Å². The van der Waals surface area contributed by atoms with Crippen molar-refractivity contribution in [3.8, 4) is 6.07 Å². The van der Waals surface area contributed by atoms with Crippen LogP contribution >= 0.6 is 0 Å². The summed E-state index contributed by atoms with van der Waals surface area (Å²) >= 11 is 0. The second-order valence-corrected chi connectivity index (χ2v) is 6.75. The van der Waals surface area contributed by atoms with Gasteiger partial charge in [0.25, 0.3) is 0 Å². The van der Waals surface area contributed by atoms with E-state index in [-0.39, 0.29) is 17.6 Å². The summed E-state index contributed by atoms with van der Waals surface area (Å²) < 4.78 is 0. The summed E-state index contributed by atoms with van der Waals surface area (Å²) in [6.07, 6.45) is 2.07. The standard InChI is InChI=1S/C19H25N3O2/c1-13(2)19(24)21-11-16-5-4-8-22(12-16)18-9-15(10-20)6-7-17(18)14(3)23/h6-7,9,13,16H,4-5,8,11-12H2,1-3H3,(H,21,24). The van der Waals surface area contributed by atoms with Crippen molar-refractivity contribution >= 4 is 17.4 Å². The first kappa shape index (κ1) is 18.0. The Kier molecular flexibility index (Phi) is 5.97. The number of nitriles is 1. The van der Waals surface area contributed by atoms with E-state index in [2.05, 4.69) is 16.3 Å². The summed E-state index contributed by atoms with van der Waals surface area (Å²) in [4.78, 5) is 25.8. The van der Waals surface area contributed by atoms with Gasteiger partial charge in [0.1, 0.15) is 0 Å². The van der Waals surface area contributed by atoms with E-state index in [1.165, 1.54) is 0 Å². The Morgan fingerprint density at radius 1 is 1.42 bits per heavy atom. The fourth-order valence-corrected chi connectivity index (χ4v) is 3.06. The normalized spacial score (nSPS) is 17.5. The van der Waals surface area contributed by atoms with E-state index in [4.69, 9.17) is 5.26 Å². The molecule has 5 heteroatoms. The highest BCUT2D eigenvalue weighted by atomic mass is 16.1. The molecule has 1 saturated heterocycles. The molecule has 128 valence electrons. The van der Waals surface area contributed by atoms with Crippen LogP contribution in [-0.2, 0) is 4.79 Å². The van der Waals surface area contributed by atoms with Crippen molar-refractivity contribution in [1.82, 2.24) is 5.32 Å². The van der Waals surface area contributed by atoms with E-state index in [0.29, 0.717) is 23.6 Å². The van der Waals surface area contributed by atoms with Gasteiger partial charge in [-0.3, -0.25) is 9.59 Å². The molecule has 1 heterocycles. The average Bonchev–Trinajstić information content (AvgIpc) is 2.59. The summed E-state index contributed by atoms with van der Waals surface area (Å²) in [5.74, 6) is 0.418. The Hall–Kier alpha value is -2.35. The quantitative estimate of drug-likeness (QED) is 0.844. The van der Waals surface area contributed by atoms with E-state index < -0.39 is 0 Å². The average molecular weight is 327 g/mol. The zero-order valence-corrected chi connectivity index (χ0v) is 14.6. The van der Waals surface area contributed by atoms with Crippen molar-refractivity contribution < 1.29 is 9.59 Å². The number of piperidine rings is 1. The van der Waals surface area contributed by atoms with Gasteiger partial charge in [0.15, 0.2) is 5.78 Å². The number of carbonyl (C=O) groups excluding carboxylic acids is 2. The van der Waals surface area contributed by atoms with Gasteiger partial charge in [0.2, 0.25) is 5.91 Å². The fourth-order valence-electron chi connectivity index (χ4n) is 3.06. The van der Waals surface area contributed by atoms with Crippen LogP contribution < -0.4 is 10.2 Å². The Labute approximate surface area is 143 Å². The van der Waals surface area contributed by atoms with Crippen molar-refractivity contribution in [3.05, 3.63) is 29.3 Å². The minimum absolute atomic E-state index is 0.00437. The van der Waals surface area contributed by atoms with Crippen molar-refractivity contribution in [2.24, 2.45) is 11.8 Å². The van der Waals surface area contributed by atoms with Crippen molar-refractivity contribution in [2.45, 2.75) is 33.6 Å². The topological polar surface area (TPSA) is 73.2 Å². The number of anilines is 1. The maximum atomic E-state index is 11.9. The number of carbonyl (C=O) groups is 2. The second-order valence-electron chi connectivity index (χ2n) is 6.75. The highest BCUT2D eigenvalue weighted by Crippen LogP contribution is 2.28. The lowest BCUT2D eigenvalue weighted by Gasteiger charge is -2.35.